The van der Waals surface area contributed by atoms with Crippen molar-refractivity contribution in [3.05, 3.63) is 29.3 Å². The Labute approximate surface area is 129 Å². The van der Waals surface area contributed by atoms with Crippen LogP contribution in [-0.4, -0.2) is 38.1 Å². The topological polar surface area (TPSA) is 6.48 Å². The van der Waals surface area contributed by atoms with Crippen LogP contribution in [0, 0.1) is 0 Å². The van der Waals surface area contributed by atoms with Gasteiger partial charge < -0.3 is 9.80 Å². The van der Waals surface area contributed by atoms with Gasteiger partial charge in [-0.1, -0.05) is 6.07 Å². The lowest BCUT2D eigenvalue weighted by Crippen LogP contribution is -2.41. The van der Waals surface area contributed by atoms with Crippen LogP contribution in [0.2, 0.25) is 0 Å². The van der Waals surface area contributed by atoms with E-state index in [2.05, 4.69) is 0 Å². The maximum absolute atomic E-state index is 13.3. The van der Waals surface area contributed by atoms with Gasteiger partial charge in [0.05, 0.1) is 5.56 Å². The fourth-order valence-corrected chi connectivity index (χ4v) is 2.66. The number of halogens is 4. The van der Waals surface area contributed by atoms with E-state index in [0.29, 0.717) is 18.7 Å². The molecule has 0 saturated heterocycles. The lowest BCUT2D eigenvalue weighted by atomic mass is 10.1. The van der Waals surface area contributed by atoms with E-state index < -0.39 is 11.7 Å². The molecule has 0 N–H and O–H groups in total. The Balaban J connectivity index is 3.25. The maximum Gasteiger partial charge on any atom is 0.418 e. The van der Waals surface area contributed by atoms with Crippen molar-refractivity contribution in [2.75, 3.05) is 32.1 Å². The molecule has 21 heavy (non-hydrogen) atoms. The molecule has 0 aliphatic rings. The van der Waals surface area contributed by atoms with Crippen LogP contribution >= 0.6 is 11.6 Å². The molecule has 120 valence electrons. The highest BCUT2D eigenvalue weighted by atomic mass is 35.5. The summed E-state index contributed by atoms with van der Waals surface area (Å²) in [4.78, 5) is 3.74. The standard InChI is InChI=1S/C15H22ClF3N2/c1-5-21(11(2)10-20(3)4)14-7-6-12(9-16)8-13(14)15(17,18)19/h6-8,11H,5,9-10H2,1-4H3. The first-order valence-electron chi connectivity index (χ1n) is 6.88. The Morgan fingerprint density at radius 2 is 1.86 bits per heavy atom. The molecule has 1 aromatic rings. The third-order valence-electron chi connectivity index (χ3n) is 3.33. The molecule has 0 saturated carbocycles. The van der Waals surface area contributed by atoms with E-state index in [9.17, 15) is 13.2 Å². The SMILES string of the molecule is CCN(c1ccc(CCl)cc1C(F)(F)F)C(C)CN(C)C. The summed E-state index contributed by atoms with van der Waals surface area (Å²) in [5.41, 5.74) is 0.0744. The van der Waals surface area contributed by atoms with Crippen LogP contribution in [0.1, 0.15) is 25.0 Å². The first kappa shape index (κ1) is 18.1. The van der Waals surface area contributed by atoms with Crippen LogP contribution in [0.3, 0.4) is 0 Å². The summed E-state index contributed by atoms with van der Waals surface area (Å²) >= 11 is 5.66. The number of benzene rings is 1. The maximum atomic E-state index is 13.3. The van der Waals surface area contributed by atoms with Gasteiger partial charge in [0, 0.05) is 30.7 Å². The number of hydrogen-bond donors (Lipinski definition) is 0. The van der Waals surface area contributed by atoms with Crippen LogP contribution in [0.25, 0.3) is 0 Å². The summed E-state index contributed by atoms with van der Waals surface area (Å²) in [6.07, 6.45) is -4.39. The van der Waals surface area contributed by atoms with Gasteiger partial charge in [-0.05, 0) is 45.6 Å². The summed E-state index contributed by atoms with van der Waals surface area (Å²) in [7, 11) is 3.82. The summed E-state index contributed by atoms with van der Waals surface area (Å²) in [5, 5.41) is 0. The largest absolute Gasteiger partial charge is 0.418 e. The summed E-state index contributed by atoms with van der Waals surface area (Å²) < 4.78 is 39.9. The molecule has 0 aromatic heterocycles. The predicted molar refractivity (Wildman–Crippen MR) is 82.0 cm³/mol. The Morgan fingerprint density at radius 3 is 2.29 bits per heavy atom. The fraction of sp³-hybridized carbons (Fsp3) is 0.600. The highest BCUT2D eigenvalue weighted by Crippen LogP contribution is 2.38. The van der Waals surface area contributed by atoms with Gasteiger partial charge in [0.2, 0.25) is 0 Å². The van der Waals surface area contributed by atoms with Gasteiger partial charge in [0.1, 0.15) is 0 Å². The second-order valence-electron chi connectivity index (χ2n) is 5.38. The minimum Gasteiger partial charge on any atom is -0.367 e. The van der Waals surface area contributed by atoms with Crippen LogP contribution in [-0.2, 0) is 12.1 Å². The summed E-state index contributed by atoms with van der Waals surface area (Å²) in [5.74, 6) is 0.0722. The Hall–Kier alpha value is -0.940. The molecule has 1 unspecified atom stereocenters. The van der Waals surface area contributed by atoms with Crippen LogP contribution in [0.15, 0.2) is 18.2 Å². The average molecular weight is 323 g/mol. The first-order valence-corrected chi connectivity index (χ1v) is 7.41. The zero-order valence-corrected chi connectivity index (χ0v) is 13.6. The number of hydrogen-bond acceptors (Lipinski definition) is 2. The van der Waals surface area contributed by atoms with Gasteiger partial charge in [-0.2, -0.15) is 13.2 Å². The number of likely N-dealkylation sites (N-methyl/N-ethyl adjacent to an activating group) is 2. The quantitative estimate of drug-likeness (QED) is 0.723. The second-order valence-corrected chi connectivity index (χ2v) is 5.65. The monoisotopic (exact) mass is 322 g/mol. The third-order valence-corrected chi connectivity index (χ3v) is 3.64. The van der Waals surface area contributed by atoms with E-state index in [0.717, 1.165) is 6.07 Å². The molecule has 0 bridgehead atoms. The zero-order chi connectivity index (χ0) is 16.2. The van der Waals surface area contributed by atoms with Crippen molar-refractivity contribution in [3.8, 4) is 0 Å². The lowest BCUT2D eigenvalue weighted by molar-refractivity contribution is -0.137. The Kier molecular flexibility index (Phi) is 6.35. The number of nitrogens with zero attached hydrogens (tertiary/aromatic N) is 2. The highest BCUT2D eigenvalue weighted by Gasteiger charge is 2.35. The van der Waals surface area contributed by atoms with Crippen molar-refractivity contribution in [1.29, 1.82) is 0 Å². The molecular formula is C15H22ClF3N2. The predicted octanol–water partition coefficient (Wildman–Crippen LogP) is 4.22. The first-order chi connectivity index (χ1) is 9.70. The summed E-state index contributed by atoms with van der Waals surface area (Å²) in [6.45, 7) is 4.99. The molecule has 1 aromatic carbocycles. The number of anilines is 1. The van der Waals surface area contributed by atoms with E-state index in [1.54, 1.807) is 11.0 Å². The second kappa shape index (κ2) is 7.36. The number of rotatable bonds is 6. The molecule has 1 rings (SSSR count). The average Bonchev–Trinajstić information content (AvgIpc) is 2.37. The highest BCUT2D eigenvalue weighted by molar-refractivity contribution is 6.17. The van der Waals surface area contributed by atoms with Crippen LogP contribution in [0.5, 0.6) is 0 Å². The molecule has 2 nitrogen and oxygen atoms in total. The van der Waals surface area contributed by atoms with Crippen LogP contribution in [0.4, 0.5) is 18.9 Å². The normalized spacial score (nSPS) is 13.6. The molecule has 0 aliphatic heterocycles. The fourth-order valence-electron chi connectivity index (χ4n) is 2.49. The summed E-state index contributed by atoms with van der Waals surface area (Å²) in [6, 6.07) is 4.31. The van der Waals surface area contributed by atoms with Crippen molar-refractivity contribution in [2.24, 2.45) is 0 Å². The molecule has 0 spiro atoms. The van der Waals surface area contributed by atoms with Crippen molar-refractivity contribution < 1.29 is 13.2 Å². The van der Waals surface area contributed by atoms with Gasteiger partial charge in [-0.3, -0.25) is 0 Å². The van der Waals surface area contributed by atoms with E-state index in [1.165, 1.54) is 6.07 Å². The third kappa shape index (κ3) is 4.78. The van der Waals surface area contributed by atoms with E-state index in [-0.39, 0.29) is 17.6 Å². The van der Waals surface area contributed by atoms with E-state index >= 15 is 0 Å². The zero-order valence-electron chi connectivity index (χ0n) is 12.8. The molecule has 0 radical (unpaired) electrons. The smallest absolute Gasteiger partial charge is 0.367 e. The molecular weight excluding hydrogens is 301 g/mol. The van der Waals surface area contributed by atoms with E-state index in [4.69, 9.17) is 11.6 Å². The van der Waals surface area contributed by atoms with Gasteiger partial charge in [0.25, 0.3) is 0 Å². The van der Waals surface area contributed by atoms with Crippen LogP contribution < -0.4 is 4.90 Å². The minimum absolute atomic E-state index is 0.0204. The van der Waals surface area contributed by atoms with Crippen molar-refractivity contribution >= 4 is 17.3 Å². The molecule has 0 fully saturated rings. The molecule has 0 amide bonds. The Bertz CT molecular complexity index is 461. The molecule has 0 aliphatic carbocycles. The van der Waals surface area contributed by atoms with Gasteiger partial charge in [-0.25, -0.2) is 0 Å². The van der Waals surface area contributed by atoms with Crippen molar-refractivity contribution in [2.45, 2.75) is 31.9 Å². The minimum atomic E-state index is -4.39. The van der Waals surface area contributed by atoms with E-state index in [1.807, 2.05) is 32.8 Å². The van der Waals surface area contributed by atoms with Crippen molar-refractivity contribution in [3.63, 3.8) is 0 Å². The van der Waals surface area contributed by atoms with Crippen molar-refractivity contribution in [1.82, 2.24) is 4.90 Å². The lowest BCUT2D eigenvalue weighted by Gasteiger charge is -2.34. The molecule has 1 atom stereocenters. The van der Waals surface area contributed by atoms with Gasteiger partial charge >= 0.3 is 6.18 Å². The van der Waals surface area contributed by atoms with Gasteiger partial charge in [0.15, 0.2) is 0 Å². The molecule has 6 heteroatoms. The molecule has 0 heterocycles. The Morgan fingerprint density at radius 1 is 1.24 bits per heavy atom. The number of alkyl halides is 4. The van der Waals surface area contributed by atoms with Gasteiger partial charge in [-0.15, -0.1) is 11.6 Å².